The van der Waals surface area contributed by atoms with Crippen molar-refractivity contribution in [2.45, 2.75) is 18.2 Å². The molecule has 1 saturated heterocycles. The fourth-order valence-electron chi connectivity index (χ4n) is 3.38. The molecule has 0 aromatic heterocycles. The van der Waals surface area contributed by atoms with Gasteiger partial charge in [0.15, 0.2) is 5.96 Å². The van der Waals surface area contributed by atoms with Crippen molar-refractivity contribution in [2.24, 2.45) is 4.99 Å². The third-order valence-corrected chi connectivity index (χ3v) is 6.11. The van der Waals surface area contributed by atoms with Crippen LogP contribution in [0, 0.1) is 11.6 Å². The smallest absolute Gasteiger partial charge is 0.191 e. The number of halogens is 2. The minimum Gasteiger partial charge on any atom is -0.365 e. The van der Waals surface area contributed by atoms with E-state index < -0.39 is 22.4 Å². The Morgan fingerprint density at radius 3 is 2.59 bits per heavy atom. The fourth-order valence-corrected chi connectivity index (χ4v) is 4.41. The van der Waals surface area contributed by atoms with E-state index in [1.54, 1.807) is 11.9 Å². The van der Waals surface area contributed by atoms with E-state index in [-0.39, 0.29) is 11.7 Å². The predicted octanol–water partition coefficient (Wildman–Crippen LogP) is 2.66. The van der Waals surface area contributed by atoms with E-state index in [4.69, 9.17) is 0 Å². The van der Waals surface area contributed by atoms with Crippen LogP contribution in [0.4, 0.5) is 14.5 Å². The summed E-state index contributed by atoms with van der Waals surface area (Å²) in [5.74, 6) is 0.540. The molecule has 29 heavy (non-hydrogen) atoms. The van der Waals surface area contributed by atoms with Gasteiger partial charge in [-0.3, -0.25) is 9.20 Å². The van der Waals surface area contributed by atoms with E-state index in [9.17, 15) is 13.0 Å². The molecule has 2 atom stereocenters. The summed E-state index contributed by atoms with van der Waals surface area (Å²) in [5.41, 5.74) is 1.08. The molecule has 5 nitrogen and oxygen atoms in total. The standard InChI is InChI=1S/C21H26F2N4OS/c1-24-21(25-11-13-29(28)15-16-6-3-2-4-7-16)26-17-10-12-27(14-17)20-18(22)8-5-9-19(20)23/h2-9,17H,10-15H2,1H3,(H2,24,25,26). The second-order valence-corrected chi connectivity index (χ2v) is 8.50. The molecule has 2 N–H and O–H groups in total. The highest BCUT2D eigenvalue weighted by Crippen LogP contribution is 2.26. The molecular weight excluding hydrogens is 394 g/mol. The van der Waals surface area contributed by atoms with Crippen LogP contribution >= 0.6 is 0 Å². The maximum absolute atomic E-state index is 14.0. The van der Waals surface area contributed by atoms with Gasteiger partial charge < -0.3 is 15.5 Å². The van der Waals surface area contributed by atoms with Crippen LogP contribution in [0.3, 0.4) is 0 Å². The van der Waals surface area contributed by atoms with Gasteiger partial charge in [-0.05, 0) is 24.1 Å². The summed E-state index contributed by atoms with van der Waals surface area (Å²) in [4.78, 5) is 5.91. The first-order valence-corrected chi connectivity index (χ1v) is 11.1. The number of rotatable bonds is 7. The molecule has 1 aliphatic rings. The monoisotopic (exact) mass is 420 g/mol. The van der Waals surface area contributed by atoms with Crippen molar-refractivity contribution in [3.8, 4) is 0 Å². The third kappa shape index (κ3) is 6.00. The van der Waals surface area contributed by atoms with Gasteiger partial charge in [0.2, 0.25) is 0 Å². The summed E-state index contributed by atoms with van der Waals surface area (Å²) in [6.07, 6.45) is 0.744. The summed E-state index contributed by atoms with van der Waals surface area (Å²) in [5, 5.41) is 6.45. The molecule has 2 aromatic carbocycles. The Morgan fingerprint density at radius 1 is 1.17 bits per heavy atom. The molecule has 8 heteroatoms. The number of hydrogen-bond acceptors (Lipinski definition) is 3. The quantitative estimate of drug-likeness (QED) is 0.534. The SMILES string of the molecule is CN=C(NCCS(=O)Cc1ccccc1)NC1CCN(c2c(F)cccc2F)C1. The average molecular weight is 421 g/mol. The zero-order valence-electron chi connectivity index (χ0n) is 16.4. The molecule has 1 heterocycles. The highest BCUT2D eigenvalue weighted by molar-refractivity contribution is 7.84. The van der Waals surface area contributed by atoms with Gasteiger partial charge in [0, 0.05) is 55.0 Å². The van der Waals surface area contributed by atoms with Crippen molar-refractivity contribution < 1.29 is 13.0 Å². The Kier molecular flexibility index (Phi) is 7.57. The number of nitrogens with zero attached hydrogens (tertiary/aromatic N) is 2. The predicted molar refractivity (Wildman–Crippen MR) is 115 cm³/mol. The van der Waals surface area contributed by atoms with Crippen LogP contribution in [0.15, 0.2) is 53.5 Å². The molecule has 156 valence electrons. The van der Waals surface area contributed by atoms with Gasteiger partial charge in [-0.2, -0.15) is 0 Å². The number of benzene rings is 2. The number of anilines is 1. The number of aliphatic imine (C=N–C) groups is 1. The Balaban J connectivity index is 1.44. The minimum atomic E-state index is -0.966. The molecule has 0 radical (unpaired) electrons. The first-order chi connectivity index (χ1) is 14.1. The van der Waals surface area contributed by atoms with Gasteiger partial charge in [-0.1, -0.05) is 36.4 Å². The van der Waals surface area contributed by atoms with Crippen molar-refractivity contribution in [1.29, 1.82) is 0 Å². The Hall–Kier alpha value is -2.48. The Morgan fingerprint density at radius 2 is 1.90 bits per heavy atom. The molecule has 0 spiro atoms. The van der Waals surface area contributed by atoms with E-state index in [1.807, 2.05) is 30.3 Å². The molecule has 3 rings (SSSR count). The third-order valence-electron chi connectivity index (χ3n) is 4.80. The van der Waals surface area contributed by atoms with E-state index in [0.29, 0.717) is 37.1 Å². The van der Waals surface area contributed by atoms with E-state index >= 15 is 0 Å². The van der Waals surface area contributed by atoms with Crippen molar-refractivity contribution in [3.05, 3.63) is 65.7 Å². The highest BCUT2D eigenvalue weighted by Gasteiger charge is 2.27. The molecule has 0 bridgehead atoms. The van der Waals surface area contributed by atoms with Crippen molar-refractivity contribution in [2.75, 3.05) is 37.3 Å². The summed E-state index contributed by atoms with van der Waals surface area (Å²) in [6, 6.07) is 13.7. The average Bonchev–Trinajstić information content (AvgIpc) is 3.16. The number of guanidine groups is 1. The first kappa shape index (κ1) is 21.2. The summed E-state index contributed by atoms with van der Waals surface area (Å²) < 4.78 is 40.2. The van der Waals surface area contributed by atoms with Crippen molar-refractivity contribution in [3.63, 3.8) is 0 Å². The van der Waals surface area contributed by atoms with Crippen LogP contribution in [0.1, 0.15) is 12.0 Å². The lowest BCUT2D eigenvalue weighted by Gasteiger charge is -2.21. The molecule has 1 aliphatic heterocycles. The zero-order chi connectivity index (χ0) is 20.6. The maximum atomic E-state index is 14.0. The van der Waals surface area contributed by atoms with Crippen LogP contribution in [0.2, 0.25) is 0 Å². The fraction of sp³-hybridized carbons (Fsp3) is 0.381. The zero-order valence-corrected chi connectivity index (χ0v) is 17.2. The Labute approximate surface area is 172 Å². The molecule has 2 aromatic rings. The maximum Gasteiger partial charge on any atom is 0.191 e. The summed E-state index contributed by atoms with van der Waals surface area (Å²) in [6.45, 7) is 1.57. The first-order valence-electron chi connectivity index (χ1n) is 9.62. The minimum absolute atomic E-state index is 0.0232. The van der Waals surface area contributed by atoms with Crippen molar-refractivity contribution in [1.82, 2.24) is 10.6 Å². The van der Waals surface area contributed by atoms with Crippen LogP contribution < -0.4 is 15.5 Å². The van der Waals surface area contributed by atoms with Crippen LogP contribution in [0.5, 0.6) is 0 Å². The van der Waals surface area contributed by atoms with Gasteiger partial charge in [-0.15, -0.1) is 0 Å². The molecular formula is C21H26F2N4OS. The van der Waals surface area contributed by atoms with Gasteiger partial charge in [0.05, 0.1) is 0 Å². The molecule has 1 fully saturated rings. The number of hydrogen-bond donors (Lipinski definition) is 2. The van der Waals surface area contributed by atoms with Gasteiger partial charge in [0.1, 0.15) is 17.3 Å². The van der Waals surface area contributed by atoms with Crippen LogP contribution in [-0.4, -0.2) is 48.6 Å². The lowest BCUT2D eigenvalue weighted by atomic mass is 10.2. The Bertz CT molecular complexity index is 843. The lowest BCUT2D eigenvalue weighted by Crippen LogP contribution is -2.45. The normalized spacial score (nSPS) is 18.0. The molecule has 0 aliphatic carbocycles. The lowest BCUT2D eigenvalue weighted by molar-refractivity contribution is 0.576. The second kappa shape index (κ2) is 10.3. The molecule has 2 unspecified atom stereocenters. The second-order valence-electron chi connectivity index (χ2n) is 6.92. The summed E-state index contributed by atoms with van der Waals surface area (Å²) >= 11 is 0. The van der Waals surface area contributed by atoms with E-state index in [2.05, 4.69) is 15.6 Å². The van der Waals surface area contributed by atoms with Crippen LogP contribution in [0.25, 0.3) is 0 Å². The van der Waals surface area contributed by atoms with E-state index in [0.717, 1.165) is 12.0 Å². The van der Waals surface area contributed by atoms with Gasteiger partial charge in [-0.25, -0.2) is 8.78 Å². The number of nitrogens with one attached hydrogen (secondary N) is 2. The largest absolute Gasteiger partial charge is 0.365 e. The molecule has 0 amide bonds. The summed E-state index contributed by atoms with van der Waals surface area (Å²) in [7, 11) is 0.700. The highest BCUT2D eigenvalue weighted by atomic mass is 32.2. The molecule has 0 saturated carbocycles. The number of para-hydroxylation sites is 1. The van der Waals surface area contributed by atoms with Gasteiger partial charge in [0.25, 0.3) is 0 Å². The van der Waals surface area contributed by atoms with Crippen LogP contribution in [-0.2, 0) is 16.6 Å². The van der Waals surface area contributed by atoms with E-state index in [1.165, 1.54) is 18.2 Å². The van der Waals surface area contributed by atoms with Crippen molar-refractivity contribution >= 4 is 22.4 Å². The van der Waals surface area contributed by atoms with Gasteiger partial charge >= 0.3 is 0 Å². The topological polar surface area (TPSA) is 56.7 Å².